The number of carbonyl (C=O) groups is 1. The quantitative estimate of drug-likeness (QED) is 0.838. The average molecular weight is 311 g/mol. The monoisotopic (exact) mass is 310 g/mol. The van der Waals surface area contributed by atoms with E-state index < -0.39 is 0 Å². The molecule has 98 valence electrons. The minimum Gasteiger partial charge on any atom is -0.337 e. The van der Waals surface area contributed by atoms with E-state index in [0.29, 0.717) is 6.04 Å². The van der Waals surface area contributed by atoms with Crippen LogP contribution in [0.25, 0.3) is 0 Å². The molecular formula is C14H19BrN2O. The van der Waals surface area contributed by atoms with Crippen LogP contribution < -0.4 is 0 Å². The summed E-state index contributed by atoms with van der Waals surface area (Å²) in [6.07, 6.45) is 2.26. The Labute approximate surface area is 117 Å². The highest BCUT2D eigenvalue weighted by Gasteiger charge is 2.25. The van der Waals surface area contributed by atoms with Crippen molar-refractivity contribution in [2.75, 3.05) is 27.2 Å². The van der Waals surface area contributed by atoms with E-state index in [2.05, 4.69) is 27.9 Å². The molecule has 1 aliphatic heterocycles. The van der Waals surface area contributed by atoms with Gasteiger partial charge < -0.3 is 9.80 Å². The Hall–Kier alpha value is -0.870. The van der Waals surface area contributed by atoms with Gasteiger partial charge in [-0.2, -0.15) is 0 Å². The summed E-state index contributed by atoms with van der Waals surface area (Å²) < 4.78 is 0.947. The molecule has 2 rings (SSSR count). The fourth-order valence-electron chi connectivity index (χ4n) is 2.45. The van der Waals surface area contributed by atoms with Gasteiger partial charge in [0.1, 0.15) is 0 Å². The van der Waals surface area contributed by atoms with E-state index in [9.17, 15) is 4.79 Å². The maximum absolute atomic E-state index is 12.4. The number of likely N-dealkylation sites (tertiary alicyclic amines) is 1. The Morgan fingerprint density at radius 3 is 2.94 bits per heavy atom. The lowest BCUT2D eigenvalue weighted by Crippen LogP contribution is -2.47. The average Bonchev–Trinajstić information content (AvgIpc) is 2.37. The fraction of sp³-hybridized carbons (Fsp3) is 0.500. The summed E-state index contributed by atoms with van der Waals surface area (Å²) in [5, 5.41) is 0. The Morgan fingerprint density at radius 1 is 1.50 bits per heavy atom. The molecule has 1 unspecified atom stereocenters. The third-order valence-electron chi connectivity index (χ3n) is 3.54. The van der Waals surface area contributed by atoms with Crippen molar-refractivity contribution in [3.05, 3.63) is 34.3 Å². The maximum Gasteiger partial charge on any atom is 0.253 e. The normalized spacial score (nSPS) is 20.7. The van der Waals surface area contributed by atoms with Crippen LogP contribution in [0.15, 0.2) is 28.7 Å². The molecule has 1 aliphatic rings. The van der Waals surface area contributed by atoms with Gasteiger partial charge in [0.15, 0.2) is 0 Å². The van der Waals surface area contributed by atoms with Crippen LogP contribution >= 0.6 is 15.9 Å². The molecule has 0 aliphatic carbocycles. The Balaban J connectivity index is 2.08. The Kier molecular flexibility index (Phi) is 4.40. The SMILES string of the molecule is CN1CCCC(N(C)C(=O)c2cccc(Br)c2)C1. The zero-order valence-electron chi connectivity index (χ0n) is 10.9. The van der Waals surface area contributed by atoms with E-state index in [-0.39, 0.29) is 5.91 Å². The summed E-state index contributed by atoms with van der Waals surface area (Å²) in [5.74, 6) is 0.108. The van der Waals surface area contributed by atoms with E-state index in [4.69, 9.17) is 0 Å². The van der Waals surface area contributed by atoms with E-state index >= 15 is 0 Å². The van der Waals surface area contributed by atoms with E-state index in [1.54, 1.807) is 0 Å². The molecule has 0 spiro atoms. The first kappa shape index (κ1) is 13.6. The molecule has 1 heterocycles. The van der Waals surface area contributed by atoms with Gasteiger partial charge >= 0.3 is 0 Å². The van der Waals surface area contributed by atoms with Gasteiger partial charge in [-0.05, 0) is 44.6 Å². The van der Waals surface area contributed by atoms with Crippen LogP contribution in [0.1, 0.15) is 23.2 Å². The standard InChI is InChI=1S/C14H19BrN2O/c1-16-8-4-7-13(10-16)17(2)14(18)11-5-3-6-12(15)9-11/h3,5-6,9,13H,4,7-8,10H2,1-2H3. The molecule has 1 aromatic rings. The Bertz CT molecular complexity index is 436. The summed E-state index contributed by atoms with van der Waals surface area (Å²) in [7, 11) is 4.02. The number of halogens is 1. The lowest BCUT2D eigenvalue weighted by molar-refractivity contribution is 0.0644. The van der Waals surface area contributed by atoms with Gasteiger partial charge in [-0.1, -0.05) is 22.0 Å². The number of nitrogens with zero attached hydrogens (tertiary/aromatic N) is 2. The summed E-state index contributed by atoms with van der Waals surface area (Å²) in [5.41, 5.74) is 0.750. The molecule has 0 radical (unpaired) electrons. The van der Waals surface area contributed by atoms with Gasteiger partial charge in [-0.15, -0.1) is 0 Å². The topological polar surface area (TPSA) is 23.6 Å². The summed E-state index contributed by atoms with van der Waals surface area (Å²) in [6, 6.07) is 7.92. The molecule has 1 atom stereocenters. The van der Waals surface area contributed by atoms with E-state index in [1.807, 2.05) is 36.2 Å². The van der Waals surface area contributed by atoms with Crippen LogP contribution in [0.4, 0.5) is 0 Å². The second kappa shape index (κ2) is 5.85. The maximum atomic E-state index is 12.4. The van der Waals surface area contributed by atoms with Crippen molar-refractivity contribution in [1.82, 2.24) is 9.80 Å². The van der Waals surface area contributed by atoms with E-state index in [1.165, 1.54) is 0 Å². The molecule has 0 N–H and O–H groups in total. The van der Waals surface area contributed by atoms with Crippen molar-refractivity contribution >= 4 is 21.8 Å². The molecular weight excluding hydrogens is 292 g/mol. The van der Waals surface area contributed by atoms with Gasteiger partial charge in [0.25, 0.3) is 5.91 Å². The zero-order chi connectivity index (χ0) is 13.1. The first-order valence-electron chi connectivity index (χ1n) is 6.29. The van der Waals surface area contributed by atoms with Crippen molar-refractivity contribution in [2.24, 2.45) is 0 Å². The van der Waals surface area contributed by atoms with Crippen molar-refractivity contribution in [1.29, 1.82) is 0 Å². The molecule has 4 heteroatoms. The van der Waals surface area contributed by atoms with Crippen LogP contribution in [0, 0.1) is 0 Å². The van der Waals surface area contributed by atoms with Crippen molar-refractivity contribution < 1.29 is 4.79 Å². The van der Waals surface area contributed by atoms with E-state index in [0.717, 1.165) is 36.0 Å². The zero-order valence-corrected chi connectivity index (χ0v) is 12.5. The van der Waals surface area contributed by atoms with Crippen LogP contribution in [0.5, 0.6) is 0 Å². The summed E-state index contributed by atoms with van der Waals surface area (Å²) in [4.78, 5) is 16.6. The predicted octanol–water partition coefficient (Wildman–Crippen LogP) is 2.62. The second-order valence-electron chi connectivity index (χ2n) is 4.98. The number of likely N-dealkylation sites (N-methyl/N-ethyl adjacent to an activating group) is 2. The van der Waals surface area contributed by atoms with Crippen LogP contribution in [0.3, 0.4) is 0 Å². The molecule has 1 saturated heterocycles. The largest absolute Gasteiger partial charge is 0.337 e. The molecule has 0 bridgehead atoms. The number of hydrogen-bond acceptors (Lipinski definition) is 2. The van der Waals surface area contributed by atoms with Crippen molar-refractivity contribution in [3.63, 3.8) is 0 Å². The summed E-state index contributed by atoms with van der Waals surface area (Å²) in [6.45, 7) is 2.10. The molecule has 18 heavy (non-hydrogen) atoms. The van der Waals surface area contributed by atoms with Crippen LogP contribution in [-0.4, -0.2) is 48.9 Å². The van der Waals surface area contributed by atoms with Crippen LogP contribution in [0.2, 0.25) is 0 Å². The highest BCUT2D eigenvalue weighted by molar-refractivity contribution is 9.10. The first-order chi connectivity index (χ1) is 8.58. The lowest BCUT2D eigenvalue weighted by Gasteiger charge is -2.35. The highest BCUT2D eigenvalue weighted by Crippen LogP contribution is 2.18. The van der Waals surface area contributed by atoms with Gasteiger partial charge in [0.05, 0.1) is 0 Å². The van der Waals surface area contributed by atoms with Crippen LogP contribution in [-0.2, 0) is 0 Å². The predicted molar refractivity (Wildman–Crippen MR) is 76.8 cm³/mol. The fourth-order valence-corrected chi connectivity index (χ4v) is 2.85. The van der Waals surface area contributed by atoms with Crippen molar-refractivity contribution in [3.8, 4) is 0 Å². The molecule has 0 aromatic heterocycles. The van der Waals surface area contributed by atoms with Gasteiger partial charge in [-0.25, -0.2) is 0 Å². The third-order valence-corrected chi connectivity index (χ3v) is 4.03. The lowest BCUT2D eigenvalue weighted by atomic mass is 10.0. The smallest absolute Gasteiger partial charge is 0.253 e. The Morgan fingerprint density at radius 2 is 2.28 bits per heavy atom. The first-order valence-corrected chi connectivity index (χ1v) is 7.08. The molecule has 3 nitrogen and oxygen atoms in total. The number of piperidine rings is 1. The molecule has 1 aromatic carbocycles. The van der Waals surface area contributed by atoms with Gasteiger partial charge in [-0.3, -0.25) is 4.79 Å². The number of benzene rings is 1. The third kappa shape index (κ3) is 3.12. The molecule has 1 fully saturated rings. The number of amides is 1. The second-order valence-corrected chi connectivity index (χ2v) is 5.90. The highest BCUT2D eigenvalue weighted by atomic mass is 79.9. The number of rotatable bonds is 2. The van der Waals surface area contributed by atoms with Gasteiger partial charge in [0, 0.05) is 29.7 Å². The van der Waals surface area contributed by atoms with Gasteiger partial charge in [0.2, 0.25) is 0 Å². The molecule has 1 amide bonds. The summed E-state index contributed by atoms with van der Waals surface area (Å²) >= 11 is 3.41. The number of carbonyl (C=O) groups excluding carboxylic acids is 1. The molecule has 0 saturated carbocycles. The minimum atomic E-state index is 0.108. The minimum absolute atomic E-state index is 0.108. The number of hydrogen-bond donors (Lipinski definition) is 0. The van der Waals surface area contributed by atoms with Crippen molar-refractivity contribution in [2.45, 2.75) is 18.9 Å².